The lowest BCUT2D eigenvalue weighted by atomic mass is 9.99. The van der Waals surface area contributed by atoms with E-state index in [1.165, 1.54) is 6.07 Å². The number of hydrogen-bond acceptors (Lipinski definition) is 5. The van der Waals surface area contributed by atoms with Crippen LogP contribution < -0.4 is 5.32 Å². The number of nitrogens with one attached hydrogen (secondary N) is 1. The summed E-state index contributed by atoms with van der Waals surface area (Å²) in [6, 6.07) is 14.7. The van der Waals surface area contributed by atoms with E-state index in [0.717, 1.165) is 31.5 Å². The number of carbonyl (C=O) groups is 1. The van der Waals surface area contributed by atoms with Gasteiger partial charge in [0.2, 0.25) is 0 Å². The summed E-state index contributed by atoms with van der Waals surface area (Å²) in [4.78, 5) is 23.9. The average molecular weight is 477 g/mol. The SMILES string of the molecule is N#Cc1ccc(-c2ccccn2)c(C(=O)N2CC3(CC3)CC2CNc2ccc(C(F)(F)F)cn2)c1. The zero-order valence-corrected chi connectivity index (χ0v) is 18.7. The van der Waals surface area contributed by atoms with Crippen LogP contribution in [0.5, 0.6) is 0 Å². The summed E-state index contributed by atoms with van der Waals surface area (Å²) in [7, 11) is 0. The number of halogens is 3. The molecule has 3 heterocycles. The Morgan fingerprint density at radius 2 is 2.00 bits per heavy atom. The highest BCUT2D eigenvalue weighted by Crippen LogP contribution is 2.55. The molecule has 1 aliphatic carbocycles. The minimum absolute atomic E-state index is 0.0908. The van der Waals surface area contributed by atoms with Gasteiger partial charge in [-0.05, 0) is 61.1 Å². The lowest BCUT2D eigenvalue weighted by molar-refractivity contribution is -0.137. The molecule has 1 amide bonds. The Morgan fingerprint density at radius 1 is 1.17 bits per heavy atom. The van der Waals surface area contributed by atoms with Crippen molar-refractivity contribution in [3.05, 3.63) is 77.6 Å². The molecule has 1 unspecified atom stereocenters. The molecule has 178 valence electrons. The Bertz CT molecular complexity index is 1280. The van der Waals surface area contributed by atoms with Crippen LogP contribution in [-0.4, -0.2) is 39.9 Å². The van der Waals surface area contributed by atoms with Gasteiger partial charge in [0.1, 0.15) is 5.82 Å². The van der Waals surface area contributed by atoms with E-state index in [2.05, 4.69) is 21.4 Å². The number of amides is 1. The number of alkyl halides is 3. The second-order valence-corrected chi connectivity index (χ2v) is 9.19. The number of hydrogen-bond donors (Lipinski definition) is 1. The molecule has 35 heavy (non-hydrogen) atoms. The molecule has 1 N–H and O–H groups in total. The summed E-state index contributed by atoms with van der Waals surface area (Å²) in [5, 5.41) is 12.5. The molecule has 1 atom stereocenters. The minimum atomic E-state index is -4.44. The average Bonchev–Trinajstić information content (AvgIpc) is 3.53. The maximum Gasteiger partial charge on any atom is 0.417 e. The summed E-state index contributed by atoms with van der Waals surface area (Å²) < 4.78 is 38.5. The van der Waals surface area contributed by atoms with Gasteiger partial charge >= 0.3 is 6.18 Å². The number of nitrogens with zero attached hydrogens (tertiary/aromatic N) is 4. The molecule has 2 aliphatic rings. The first-order valence-electron chi connectivity index (χ1n) is 11.3. The van der Waals surface area contributed by atoms with E-state index in [1.807, 2.05) is 17.0 Å². The second kappa shape index (κ2) is 8.69. The van der Waals surface area contributed by atoms with E-state index in [0.29, 0.717) is 41.3 Å². The van der Waals surface area contributed by atoms with Crippen LogP contribution in [0.3, 0.4) is 0 Å². The topological polar surface area (TPSA) is 81.9 Å². The normalized spacial score (nSPS) is 18.3. The molecule has 1 saturated carbocycles. The van der Waals surface area contributed by atoms with Gasteiger partial charge in [0, 0.05) is 37.1 Å². The number of benzene rings is 1. The fourth-order valence-electron chi connectivity index (χ4n) is 4.70. The predicted octanol–water partition coefficient (Wildman–Crippen LogP) is 5.14. The highest BCUT2D eigenvalue weighted by atomic mass is 19.4. The van der Waals surface area contributed by atoms with Crippen LogP contribution in [0.25, 0.3) is 11.3 Å². The Hall–Kier alpha value is -3.93. The Labute approximate surface area is 200 Å². The van der Waals surface area contributed by atoms with Crippen LogP contribution in [0.1, 0.15) is 40.7 Å². The van der Waals surface area contributed by atoms with Gasteiger partial charge in [-0.1, -0.05) is 12.1 Å². The number of anilines is 1. The summed E-state index contributed by atoms with van der Waals surface area (Å²) in [6.07, 6.45) is 0.898. The third kappa shape index (κ3) is 4.69. The molecule has 6 nitrogen and oxygen atoms in total. The van der Waals surface area contributed by atoms with Gasteiger partial charge < -0.3 is 10.2 Å². The quantitative estimate of drug-likeness (QED) is 0.550. The zero-order valence-electron chi connectivity index (χ0n) is 18.7. The van der Waals surface area contributed by atoms with Crippen molar-refractivity contribution in [3.63, 3.8) is 0 Å². The first-order valence-corrected chi connectivity index (χ1v) is 11.3. The molecular weight excluding hydrogens is 455 g/mol. The first-order chi connectivity index (χ1) is 16.8. The van der Waals surface area contributed by atoms with E-state index in [9.17, 15) is 23.2 Å². The number of pyridine rings is 2. The van der Waals surface area contributed by atoms with Crippen molar-refractivity contribution in [2.24, 2.45) is 5.41 Å². The van der Waals surface area contributed by atoms with E-state index in [-0.39, 0.29) is 17.4 Å². The fourth-order valence-corrected chi connectivity index (χ4v) is 4.70. The molecule has 5 rings (SSSR count). The molecule has 1 aromatic carbocycles. The molecule has 1 aliphatic heterocycles. The smallest absolute Gasteiger partial charge is 0.368 e. The number of carbonyl (C=O) groups excluding carboxylic acids is 1. The van der Waals surface area contributed by atoms with Crippen molar-refractivity contribution >= 4 is 11.7 Å². The van der Waals surface area contributed by atoms with E-state index in [1.54, 1.807) is 30.5 Å². The zero-order chi connectivity index (χ0) is 24.6. The second-order valence-electron chi connectivity index (χ2n) is 9.19. The number of likely N-dealkylation sites (tertiary alicyclic amines) is 1. The molecule has 3 aromatic rings. The number of aromatic nitrogens is 2. The molecule has 2 fully saturated rings. The Balaban J connectivity index is 1.39. The lowest BCUT2D eigenvalue weighted by Crippen LogP contribution is -2.40. The highest BCUT2D eigenvalue weighted by molar-refractivity contribution is 6.01. The highest BCUT2D eigenvalue weighted by Gasteiger charge is 2.53. The molecule has 1 saturated heterocycles. The van der Waals surface area contributed by atoms with E-state index >= 15 is 0 Å². The van der Waals surface area contributed by atoms with Crippen LogP contribution in [0.15, 0.2) is 60.9 Å². The van der Waals surface area contributed by atoms with Crippen molar-refractivity contribution in [3.8, 4) is 17.3 Å². The van der Waals surface area contributed by atoms with Gasteiger partial charge in [-0.2, -0.15) is 18.4 Å². The van der Waals surface area contributed by atoms with Gasteiger partial charge in [0.25, 0.3) is 5.91 Å². The van der Waals surface area contributed by atoms with Gasteiger partial charge in [-0.3, -0.25) is 9.78 Å². The van der Waals surface area contributed by atoms with E-state index < -0.39 is 11.7 Å². The van der Waals surface area contributed by atoms with Crippen molar-refractivity contribution in [1.29, 1.82) is 5.26 Å². The largest absolute Gasteiger partial charge is 0.417 e. The Morgan fingerprint density at radius 3 is 2.63 bits per heavy atom. The van der Waals surface area contributed by atoms with Gasteiger partial charge in [0.05, 0.1) is 28.5 Å². The molecular formula is C26H22F3N5O. The van der Waals surface area contributed by atoms with E-state index in [4.69, 9.17) is 0 Å². The maximum absolute atomic E-state index is 13.8. The molecule has 1 spiro atoms. The van der Waals surface area contributed by atoms with Crippen molar-refractivity contribution in [1.82, 2.24) is 14.9 Å². The lowest BCUT2D eigenvalue weighted by Gasteiger charge is -2.26. The number of nitriles is 1. The predicted molar refractivity (Wildman–Crippen MR) is 123 cm³/mol. The third-order valence-corrected chi connectivity index (χ3v) is 6.76. The Kier molecular flexibility index (Phi) is 5.67. The number of rotatable bonds is 5. The minimum Gasteiger partial charge on any atom is -0.368 e. The van der Waals surface area contributed by atoms with Gasteiger partial charge in [0.15, 0.2) is 0 Å². The van der Waals surface area contributed by atoms with Gasteiger partial charge in [-0.25, -0.2) is 4.98 Å². The first kappa shape index (κ1) is 22.8. The van der Waals surface area contributed by atoms with Gasteiger partial charge in [-0.15, -0.1) is 0 Å². The fraction of sp³-hybridized carbons (Fsp3) is 0.308. The van der Waals surface area contributed by atoms with Crippen molar-refractivity contribution < 1.29 is 18.0 Å². The molecule has 0 radical (unpaired) electrons. The maximum atomic E-state index is 13.8. The van der Waals surface area contributed by atoms with Crippen LogP contribution >= 0.6 is 0 Å². The van der Waals surface area contributed by atoms with Crippen molar-refractivity contribution in [2.45, 2.75) is 31.5 Å². The molecule has 2 aromatic heterocycles. The van der Waals surface area contributed by atoms with Crippen LogP contribution in [0.2, 0.25) is 0 Å². The van der Waals surface area contributed by atoms with Crippen LogP contribution in [-0.2, 0) is 6.18 Å². The third-order valence-electron chi connectivity index (χ3n) is 6.76. The summed E-state index contributed by atoms with van der Waals surface area (Å²) in [5.74, 6) is 0.140. The van der Waals surface area contributed by atoms with Crippen molar-refractivity contribution in [2.75, 3.05) is 18.4 Å². The summed E-state index contributed by atoms with van der Waals surface area (Å²) >= 11 is 0. The standard InChI is InChI=1S/C26H22F3N5O/c27-26(28,29)18-5-7-23(32-14-18)33-15-19-12-25(8-9-25)16-34(19)24(35)21-11-17(13-30)4-6-20(21)22-3-1-2-10-31-22/h1-7,10-11,14,19H,8-9,12,15-16H2,(H,32,33). The summed E-state index contributed by atoms with van der Waals surface area (Å²) in [6.45, 7) is 0.972. The molecule has 0 bridgehead atoms. The van der Waals surface area contributed by atoms with Crippen LogP contribution in [0, 0.1) is 16.7 Å². The monoisotopic (exact) mass is 477 g/mol. The van der Waals surface area contributed by atoms with Crippen LogP contribution in [0.4, 0.5) is 19.0 Å². The summed E-state index contributed by atoms with van der Waals surface area (Å²) in [5.41, 5.74) is 1.38. The molecule has 9 heteroatoms.